The van der Waals surface area contributed by atoms with Crippen LogP contribution in [-0.4, -0.2) is 16.9 Å². The second-order valence-electron chi connectivity index (χ2n) is 5.50. The molecule has 2 aromatic rings. The van der Waals surface area contributed by atoms with Crippen LogP contribution < -0.4 is 5.32 Å². The molecule has 1 N–H and O–H groups in total. The Balaban J connectivity index is 1.89. The SMILES string of the molecule is CC(=O)c1ccc(NC(=O)[C@H](C)SCc2ccccc2C)cc1. The van der Waals surface area contributed by atoms with Gasteiger partial charge in [-0.05, 0) is 56.2 Å². The van der Waals surface area contributed by atoms with E-state index in [2.05, 4.69) is 24.4 Å². The van der Waals surface area contributed by atoms with Gasteiger partial charge in [-0.15, -0.1) is 11.8 Å². The maximum Gasteiger partial charge on any atom is 0.237 e. The fourth-order valence-electron chi connectivity index (χ4n) is 2.09. The monoisotopic (exact) mass is 327 g/mol. The van der Waals surface area contributed by atoms with Crippen molar-refractivity contribution in [2.24, 2.45) is 0 Å². The average Bonchev–Trinajstić information content (AvgIpc) is 2.54. The van der Waals surface area contributed by atoms with Gasteiger partial charge in [-0.2, -0.15) is 0 Å². The average molecular weight is 327 g/mol. The third-order valence-corrected chi connectivity index (χ3v) is 4.87. The first-order valence-electron chi connectivity index (χ1n) is 7.55. The van der Waals surface area contributed by atoms with Crippen molar-refractivity contribution in [3.8, 4) is 0 Å². The number of hydrogen-bond donors (Lipinski definition) is 1. The van der Waals surface area contributed by atoms with Crippen LogP contribution in [0.15, 0.2) is 48.5 Å². The Morgan fingerprint density at radius 2 is 1.74 bits per heavy atom. The van der Waals surface area contributed by atoms with Gasteiger partial charge in [-0.3, -0.25) is 9.59 Å². The third-order valence-electron chi connectivity index (χ3n) is 3.68. The summed E-state index contributed by atoms with van der Waals surface area (Å²) in [5.41, 5.74) is 3.85. The molecule has 2 aromatic carbocycles. The van der Waals surface area contributed by atoms with E-state index in [4.69, 9.17) is 0 Å². The molecule has 0 aliphatic heterocycles. The molecule has 0 bridgehead atoms. The molecule has 0 aliphatic rings. The van der Waals surface area contributed by atoms with Gasteiger partial charge in [0.1, 0.15) is 0 Å². The van der Waals surface area contributed by atoms with Crippen molar-refractivity contribution in [2.45, 2.75) is 31.8 Å². The Bertz CT molecular complexity index is 695. The quantitative estimate of drug-likeness (QED) is 0.797. The first kappa shape index (κ1) is 17.3. The van der Waals surface area contributed by atoms with Crippen LogP contribution in [0.4, 0.5) is 5.69 Å². The maximum absolute atomic E-state index is 12.2. The van der Waals surface area contributed by atoms with Crippen molar-refractivity contribution in [1.29, 1.82) is 0 Å². The van der Waals surface area contributed by atoms with E-state index in [-0.39, 0.29) is 16.9 Å². The van der Waals surface area contributed by atoms with E-state index in [1.54, 1.807) is 36.0 Å². The van der Waals surface area contributed by atoms with Crippen molar-refractivity contribution >= 4 is 29.1 Å². The van der Waals surface area contributed by atoms with Crippen molar-refractivity contribution in [1.82, 2.24) is 0 Å². The number of ketones is 1. The first-order chi connectivity index (χ1) is 11.0. The zero-order valence-electron chi connectivity index (χ0n) is 13.6. The van der Waals surface area contributed by atoms with E-state index < -0.39 is 0 Å². The summed E-state index contributed by atoms with van der Waals surface area (Å²) in [6.07, 6.45) is 0. The van der Waals surface area contributed by atoms with Crippen LogP contribution in [0.5, 0.6) is 0 Å². The lowest BCUT2D eigenvalue weighted by Gasteiger charge is -2.13. The minimum Gasteiger partial charge on any atom is -0.325 e. The number of Topliss-reactive ketones (excluding diaryl/α,β-unsaturated/α-hetero) is 1. The smallest absolute Gasteiger partial charge is 0.237 e. The second-order valence-corrected chi connectivity index (χ2v) is 6.83. The molecule has 0 aliphatic carbocycles. The summed E-state index contributed by atoms with van der Waals surface area (Å²) in [5, 5.41) is 2.74. The van der Waals surface area contributed by atoms with Gasteiger partial charge in [0.05, 0.1) is 5.25 Å². The zero-order chi connectivity index (χ0) is 16.8. The molecule has 23 heavy (non-hydrogen) atoms. The molecule has 1 atom stereocenters. The fourth-order valence-corrected chi connectivity index (χ4v) is 3.06. The Hall–Kier alpha value is -2.07. The minimum atomic E-state index is -0.151. The molecule has 1 amide bonds. The zero-order valence-corrected chi connectivity index (χ0v) is 14.4. The van der Waals surface area contributed by atoms with Crippen LogP contribution in [0.25, 0.3) is 0 Å². The number of benzene rings is 2. The van der Waals surface area contributed by atoms with Crippen LogP contribution in [0.3, 0.4) is 0 Å². The molecule has 0 saturated carbocycles. The number of nitrogens with one attached hydrogen (secondary N) is 1. The summed E-state index contributed by atoms with van der Waals surface area (Å²) >= 11 is 1.61. The molecule has 0 heterocycles. The van der Waals surface area contributed by atoms with E-state index in [0.717, 1.165) is 5.75 Å². The molecule has 4 heteroatoms. The predicted molar refractivity (Wildman–Crippen MR) is 97.0 cm³/mol. The van der Waals surface area contributed by atoms with Gasteiger partial charge in [0, 0.05) is 17.0 Å². The lowest BCUT2D eigenvalue weighted by atomic mass is 10.1. The highest BCUT2D eigenvalue weighted by Crippen LogP contribution is 2.21. The molecular formula is C19H21NO2S. The summed E-state index contributed by atoms with van der Waals surface area (Å²) in [6, 6.07) is 15.2. The van der Waals surface area contributed by atoms with E-state index >= 15 is 0 Å². The van der Waals surface area contributed by atoms with Gasteiger partial charge in [-0.1, -0.05) is 24.3 Å². The number of carbonyl (C=O) groups is 2. The summed E-state index contributed by atoms with van der Waals surface area (Å²) in [7, 11) is 0. The van der Waals surface area contributed by atoms with Crippen molar-refractivity contribution < 1.29 is 9.59 Å². The van der Waals surface area contributed by atoms with E-state index in [0.29, 0.717) is 11.3 Å². The van der Waals surface area contributed by atoms with Gasteiger partial charge < -0.3 is 5.32 Å². The summed E-state index contributed by atoms with van der Waals surface area (Å²) in [5.74, 6) is 0.800. The van der Waals surface area contributed by atoms with Gasteiger partial charge in [-0.25, -0.2) is 0 Å². The fraction of sp³-hybridized carbons (Fsp3) is 0.263. The van der Waals surface area contributed by atoms with E-state index in [1.807, 2.05) is 19.1 Å². The number of aryl methyl sites for hydroxylation is 1. The maximum atomic E-state index is 12.2. The number of rotatable bonds is 6. The van der Waals surface area contributed by atoms with Crippen LogP contribution in [0.1, 0.15) is 35.3 Å². The highest BCUT2D eigenvalue weighted by molar-refractivity contribution is 7.99. The van der Waals surface area contributed by atoms with Crippen LogP contribution >= 0.6 is 11.8 Å². The van der Waals surface area contributed by atoms with Crippen molar-refractivity contribution in [3.05, 3.63) is 65.2 Å². The van der Waals surface area contributed by atoms with Gasteiger partial charge >= 0.3 is 0 Å². The Labute approximate surface area is 141 Å². The molecule has 0 unspecified atom stereocenters. The predicted octanol–water partition coefficient (Wildman–Crippen LogP) is 4.46. The Morgan fingerprint density at radius 1 is 1.09 bits per heavy atom. The van der Waals surface area contributed by atoms with Crippen LogP contribution in [0, 0.1) is 6.92 Å². The molecule has 2 rings (SSSR count). The number of hydrogen-bond acceptors (Lipinski definition) is 3. The molecule has 0 fully saturated rings. The van der Waals surface area contributed by atoms with E-state index in [1.165, 1.54) is 18.1 Å². The number of thioether (sulfide) groups is 1. The van der Waals surface area contributed by atoms with Crippen LogP contribution in [0.2, 0.25) is 0 Å². The normalized spacial score (nSPS) is 11.8. The molecule has 0 saturated heterocycles. The van der Waals surface area contributed by atoms with E-state index in [9.17, 15) is 9.59 Å². The second kappa shape index (κ2) is 7.97. The topological polar surface area (TPSA) is 46.2 Å². The summed E-state index contributed by atoms with van der Waals surface area (Å²) in [4.78, 5) is 23.5. The lowest BCUT2D eigenvalue weighted by molar-refractivity contribution is -0.115. The molecule has 0 radical (unpaired) electrons. The lowest BCUT2D eigenvalue weighted by Crippen LogP contribution is -2.22. The van der Waals surface area contributed by atoms with Crippen molar-refractivity contribution in [3.63, 3.8) is 0 Å². The number of carbonyl (C=O) groups excluding carboxylic acids is 2. The molecular weight excluding hydrogens is 306 g/mol. The first-order valence-corrected chi connectivity index (χ1v) is 8.60. The van der Waals surface area contributed by atoms with Gasteiger partial charge in [0.15, 0.2) is 5.78 Å². The Kier molecular flexibility index (Phi) is 5.99. The Morgan fingerprint density at radius 3 is 2.35 bits per heavy atom. The number of anilines is 1. The highest BCUT2D eigenvalue weighted by Gasteiger charge is 2.14. The number of amides is 1. The summed E-state index contributed by atoms with van der Waals surface area (Å²) in [6.45, 7) is 5.51. The summed E-state index contributed by atoms with van der Waals surface area (Å²) < 4.78 is 0. The molecule has 0 spiro atoms. The highest BCUT2D eigenvalue weighted by atomic mass is 32.2. The molecule has 0 aromatic heterocycles. The van der Waals surface area contributed by atoms with Gasteiger partial charge in [0.25, 0.3) is 0 Å². The third kappa shape index (κ3) is 4.96. The largest absolute Gasteiger partial charge is 0.325 e. The standard InChI is InChI=1S/C19H21NO2S/c1-13-6-4-5-7-17(13)12-23-15(3)19(22)20-18-10-8-16(9-11-18)14(2)21/h4-11,15H,12H2,1-3H3,(H,20,22)/t15-/m0/s1. The minimum absolute atomic E-state index is 0.0185. The van der Waals surface area contributed by atoms with Crippen molar-refractivity contribution in [2.75, 3.05) is 5.32 Å². The van der Waals surface area contributed by atoms with Crippen LogP contribution in [-0.2, 0) is 10.5 Å². The molecule has 3 nitrogen and oxygen atoms in total. The van der Waals surface area contributed by atoms with Gasteiger partial charge in [0.2, 0.25) is 5.91 Å². The molecule has 120 valence electrons.